The van der Waals surface area contributed by atoms with Gasteiger partial charge < -0.3 is 25.2 Å². The molecule has 0 aliphatic heterocycles. The van der Waals surface area contributed by atoms with Crippen LogP contribution in [0.2, 0.25) is 0 Å². The number of carbonyl (C=O) groups is 3. The van der Waals surface area contributed by atoms with Crippen molar-refractivity contribution in [2.24, 2.45) is 5.92 Å². The first-order valence-corrected chi connectivity index (χ1v) is 14.4. The second-order valence-electron chi connectivity index (χ2n) is 11.5. The van der Waals surface area contributed by atoms with Gasteiger partial charge >= 0.3 is 18.2 Å². The molecule has 0 bridgehead atoms. The van der Waals surface area contributed by atoms with Crippen molar-refractivity contribution in [2.45, 2.75) is 77.6 Å². The lowest BCUT2D eigenvalue weighted by atomic mass is 9.90. The Morgan fingerprint density at radius 3 is 2.27 bits per heavy atom. The summed E-state index contributed by atoms with van der Waals surface area (Å²) in [4.78, 5) is 39.4. The Kier molecular flexibility index (Phi) is 11.6. The van der Waals surface area contributed by atoms with E-state index in [0.717, 1.165) is 5.56 Å². The van der Waals surface area contributed by atoms with Crippen LogP contribution in [0.3, 0.4) is 0 Å². The quantitative estimate of drug-likeness (QED) is 0.272. The molecule has 2 amide bonds. The van der Waals surface area contributed by atoms with E-state index in [1.54, 1.807) is 4.40 Å². The molecule has 44 heavy (non-hydrogen) atoms. The van der Waals surface area contributed by atoms with Crippen molar-refractivity contribution in [2.75, 3.05) is 13.2 Å². The number of aromatic nitrogens is 2. The monoisotopic (exact) mass is 620 g/mol. The van der Waals surface area contributed by atoms with Gasteiger partial charge in [0.2, 0.25) is 0 Å². The number of pyridine rings is 1. The molecule has 2 heterocycles. The number of carboxylic acids is 1. The van der Waals surface area contributed by atoms with Crippen molar-refractivity contribution in [3.8, 4) is 5.75 Å². The molecule has 1 aliphatic carbocycles. The average Bonchev–Trinajstić information content (AvgIpc) is 3.30. The number of imidazole rings is 1. The van der Waals surface area contributed by atoms with Crippen molar-refractivity contribution >= 4 is 23.6 Å². The first-order valence-electron chi connectivity index (χ1n) is 14.4. The summed E-state index contributed by atoms with van der Waals surface area (Å²) >= 11 is 0. The number of nitrogens with one attached hydrogen (secondary N) is 2. The van der Waals surface area contributed by atoms with Gasteiger partial charge in [-0.25, -0.2) is 14.6 Å². The number of ether oxygens (including phenoxy) is 2. The summed E-state index contributed by atoms with van der Waals surface area (Å²) < 4.78 is 45.1. The van der Waals surface area contributed by atoms with Crippen LogP contribution in [-0.2, 0) is 9.53 Å². The van der Waals surface area contributed by atoms with E-state index in [4.69, 9.17) is 19.4 Å². The molecule has 1 saturated carbocycles. The van der Waals surface area contributed by atoms with Gasteiger partial charge in [-0.1, -0.05) is 49.6 Å². The summed E-state index contributed by atoms with van der Waals surface area (Å²) in [5.41, 5.74) is 1.94. The lowest BCUT2D eigenvalue weighted by Gasteiger charge is -2.23. The van der Waals surface area contributed by atoms with Crippen LogP contribution in [0.4, 0.5) is 18.0 Å². The highest BCUT2D eigenvalue weighted by Gasteiger charge is 2.38. The zero-order valence-corrected chi connectivity index (χ0v) is 25.2. The number of halogens is 3. The molecule has 2 aromatic heterocycles. The summed E-state index contributed by atoms with van der Waals surface area (Å²) in [5.74, 6) is -1.79. The molecule has 1 aliphatic rings. The lowest BCUT2D eigenvalue weighted by Crippen LogP contribution is -2.40. The fourth-order valence-corrected chi connectivity index (χ4v) is 4.77. The standard InChI is InChI=1S/C29H38N4O4.C2HF3O2/c1-20-25(33-17-11-16-24(26(33)31-20)36-19-21-12-7-5-8-13-21)27(34)32-23(22-14-9-6-10-15-22)18-30-28(35)37-29(2,3)4;3-2(4,5)1(6)7/h6,9-11,14-17,21,23H,5,7-8,12-13,18-19H2,1-4H3,(H,30,35)(H,32,34);(H,6,7). The summed E-state index contributed by atoms with van der Waals surface area (Å²) in [7, 11) is 0. The normalized spacial score (nSPS) is 14.6. The fourth-order valence-electron chi connectivity index (χ4n) is 4.77. The first kappa shape index (κ1) is 34.2. The zero-order chi connectivity index (χ0) is 32.5. The van der Waals surface area contributed by atoms with Crippen molar-refractivity contribution in [1.29, 1.82) is 0 Å². The Hall–Kier alpha value is -4.29. The number of amides is 2. The van der Waals surface area contributed by atoms with Crippen LogP contribution in [0, 0.1) is 12.8 Å². The molecule has 13 heteroatoms. The number of alkyl carbamates (subject to hydrolysis) is 1. The van der Waals surface area contributed by atoms with Crippen molar-refractivity contribution < 1.29 is 42.1 Å². The predicted molar refractivity (Wildman–Crippen MR) is 157 cm³/mol. The van der Waals surface area contributed by atoms with Crippen LogP contribution in [-0.4, -0.2) is 57.4 Å². The maximum Gasteiger partial charge on any atom is 0.490 e. The van der Waals surface area contributed by atoms with Gasteiger partial charge in [0, 0.05) is 12.7 Å². The molecule has 3 aromatic rings. The number of benzene rings is 1. The molecule has 4 rings (SSSR count). The van der Waals surface area contributed by atoms with Crippen LogP contribution in [0.25, 0.3) is 5.65 Å². The maximum absolute atomic E-state index is 13.6. The van der Waals surface area contributed by atoms with Crippen LogP contribution in [0.15, 0.2) is 48.7 Å². The number of carboxylic acid groups (broad SMARTS) is 1. The summed E-state index contributed by atoms with van der Waals surface area (Å²) in [6.07, 6.45) is 2.43. The van der Waals surface area contributed by atoms with Crippen molar-refractivity contribution in [3.05, 3.63) is 65.6 Å². The first-order chi connectivity index (χ1) is 20.7. The Morgan fingerprint density at radius 2 is 1.68 bits per heavy atom. The summed E-state index contributed by atoms with van der Waals surface area (Å²) in [6.45, 7) is 8.09. The average molecular weight is 621 g/mol. The molecule has 0 spiro atoms. The number of fused-ring (bicyclic) bond motifs is 1. The van der Waals surface area contributed by atoms with E-state index < -0.39 is 29.9 Å². The second-order valence-corrected chi connectivity index (χ2v) is 11.5. The van der Waals surface area contributed by atoms with Gasteiger partial charge in [-0.15, -0.1) is 0 Å². The molecule has 240 valence electrons. The molecule has 1 aromatic carbocycles. The van der Waals surface area contributed by atoms with E-state index in [1.165, 1.54) is 32.1 Å². The number of aliphatic carboxylic acids is 1. The number of hydrogen-bond donors (Lipinski definition) is 3. The molecule has 1 atom stereocenters. The topological polar surface area (TPSA) is 131 Å². The van der Waals surface area contributed by atoms with Gasteiger partial charge in [0.05, 0.1) is 18.3 Å². The van der Waals surface area contributed by atoms with E-state index in [1.807, 2.05) is 76.4 Å². The maximum atomic E-state index is 13.6. The highest BCUT2D eigenvalue weighted by molar-refractivity contribution is 5.95. The minimum absolute atomic E-state index is 0.177. The smallest absolute Gasteiger partial charge is 0.489 e. The van der Waals surface area contributed by atoms with Crippen molar-refractivity contribution in [1.82, 2.24) is 20.0 Å². The molecule has 10 nitrogen and oxygen atoms in total. The van der Waals surface area contributed by atoms with Gasteiger partial charge in [0.25, 0.3) is 5.91 Å². The number of nitrogens with zero attached hydrogens (tertiary/aromatic N) is 2. The van der Waals surface area contributed by atoms with E-state index in [2.05, 4.69) is 15.6 Å². The van der Waals surface area contributed by atoms with Crippen LogP contribution < -0.4 is 15.4 Å². The fraction of sp³-hybridized carbons (Fsp3) is 0.484. The number of alkyl halides is 3. The van der Waals surface area contributed by atoms with Gasteiger partial charge in [-0.2, -0.15) is 13.2 Å². The summed E-state index contributed by atoms with van der Waals surface area (Å²) in [6, 6.07) is 12.9. The van der Waals surface area contributed by atoms with Gasteiger partial charge in [-0.3, -0.25) is 9.20 Å². The van der Waals surface area contributed by atoms with Gasteiger partial charge in [0.15, 0.2) is 11.4 Å². The van der Waals surface area contributed by atoms with Crippen LogP contribution in [0.1, 0.15) is 80.7 Å². The third kappa shape index (κ3) is 10.2. The minimum atomic E-state index is -5.08. The lowest BCUT2D eigenvalue weighted by molar-refractivity contribution is -0.192. The molecular weight excluding hydrogens is 581 g/mol. The Labute approximate surface area is 253 Å². The highest BCUT2D eigenvalue weighted by atomic mass is 19.4. The van der Waals surface area contributed by atoms with E-state index in [-0.39, 0.29) is 12.5 Å². The molecule has 1 unspecified atom stereocenters. The Balaban J connectivity index is 0.000000676. The van der Waals surface area contributed by atoms with E-state index >= 15 is 0 Å². The van der Waals surface area contributed by atoms with E-state index in [0.29, 0.717) is 35.3 Å². The van der Waals surface area contributed by atoms with Crippen molar-refractivity contribution in [3.63, 3.8) is 0 Å². The largest absolute Gasteiger partial charge is 0.490 e. The second kappa shape index (κ2) is 14.9. The Bertz CT molecular complexity index is 1410. The summed E-state index contributed by atoms with van der Waals surface area (Å²) in [5, 5.41) is 13.0. The van der Waals surface area contributed by atoms with E-state index in [9.17, 15) is 22.8 Å². The van der Waals surface area contributed by atoms with Gasteiger partial charge in [-0.05, 0) is 64.2 Å². The van der Waals surface area contributed by atoms with Crippen LogP contribution >= 0.6 is 0 Å². The van der Waals surface area contributed by atoms with Crippen LogP contribution in [0.5, 0.6) is 5.75 Å². The third-order valence-corrected chi connectivity index (χ3v) is 6.80. The number of carbonyl (C=O) groups excluding carboxylic acids is 2. The molecular formula is C31H39F3N4O6. The molecule has 1 fully saturated rings. The molecule has 0 saturated heterocycles. The third-order valence-electron chi connectivity index (χ3n) is 6.80. The minimum Gasteiger partial charge on any atom is -0.489 e. The predicted octanol–water partition coefficient (Wildman–Crippen LogP) is 6.23. The SMILES string of the molecule is Cc1nc2c(OCC3CCCCC3)cccn2c1C(=O)NC(CNC(=O)OC(C)(C)C)c1ccccc1.O=C(O)C(F)(F)F. The number of hydrogen-bond acceptors (Lipinski definition) is 6. The number of rotatable bonds is 8. The zero-order valence-electron chi connectivity index (χ0n) is 25.2. The number of aryl methyl sites for hydroxylation is 1. The highest BCUT2D eigenvalue weighted by Crippen LogP contribution is 2.27. The Morgan fingerprint density at radius 1 is 1.05 bits per heavy atom. The molecule has 3 N–H and O–H groups in total. The van der Waals surface area contributed by atoms with Gasteiger partial charge in [0.1, 0.15) is 11.3 Å². The molecule has 0 radical (unpaired) electrons.